The Morgan fingerprint density at radius 3 is 2.44 bits per heavy atom. The molecule has 14 heteroatoms. The lowest BCUT2D eigenvalue weighted by atomic mass is 10.0. The molecule has 4 amide bonds. The van der Waals surface area contributed by atoms with E-state index < -0.39 is 35.8 Å². The average Bonchev–Trinajstić information content (AvgIpc) is 3.12. The van der Waals surface area contributed by atoms with Crippen molar-refractivity contribution in [1.82, 2.24) is 21.2 Å². The Hall–Kier alpha value is -4.98. The van der Waals surface area contributed by atoms with Crippen molar-refractivity contribution in [3.05, 3.63) is 89.2 Å². The van der Waals surface area contributed by atoms with Crippen molar-refractivity contribution in [2.24, 2.45) is 4.99 Å². The molecule has 41 heavy (non-hydrogen) atoms. The largest absolute Gasteiger partial charge is 0.417 e. The number of para-hydroxylation sites is 1. The number of halogens is 3. The minimum Gasteiger partial charge on any atom is -0.378 e. The number of fused-ring (bicyclic) bond motifs is 1. The summed E-state index contributed by atoms with van der Waals surface area (Å²) in [6.45, 7) is 1.02. The van der Waals surface area contributed by atoms with E-state index in [2.05, 4.69) is 31.5 Å². The summed E-state index contributed by atoms with van der Waals surface area (Å²) < 4.78 is 45.3. The number of hydrazine groups is 1. The molecule has 11 nitrogen and oxygen atoms in total. The topological polar surface area (TPSA) is 137 Å². The van der Waals surface area contributed by atoms with Gasteiger partial charge in [-0.3, -0.25) is 15.0 Å². The van der Waals surface area contributed by atoms with E-state index in [4.69, 9.17) is 4.74 Å². The molecule has 3 heterocycles. The number of hydrogen-bond donors (Lipinski definition) is 4. The molecule has 0 radical (unpaired) electrons. The first kappa shape index (κ1) is 27.6. The highest BCUT2D eigenvalue weighted by molar-refractivity contribution is 6.19. The van der Waals surface area contributed by atoms with Crippen molar-refractivity contribution in [1.29, 1.82) is 0 Å². The molecule has 5 rings (SSSR count). The first-order valence-corrected chi connectivity index (χ1v) is 12.5. The van der Waals surface area contributed by atoms with E-state index in [-0.39, 0.29) is 37.7 Å². The number of pyridine rings is 1. The number of nitrogens with one attached hydrogen (secondary N) is 4. The Labute approximate surface area is 231 Å². The van der Waals surface area contributed by atoms with Gasteiger partial charge in [-0.25, -0.2) is 20.2 Å². The fourth-order valence-electron chi connectivity index (χ4n) is 4.34. The number of nitrogens with zero attached hydrogens (tertiary/aromatic N) is 3. The molecule has 2 aliphatic heterocycles. The minimum atomic E-state index is -4.67. The van der Waals surface area contributed by atoms with Crippen LogP contribution in [0.5, 0.6) is 0 Å². The third-order valence-corrected chi connectivity index (χ3v) is 6.31. The number of anilines is 2. The van der Waals surface area contributed by atoms with E-state index in [1.54, 1.807) is 29.2 Å². The van der Waals surface area contributed by atoms with Crippen LogP contribution < -0.4 is 26.4 Å². The highest BCUT2D eigenvalue weighted by Gasteiger charge is 2.34. The zero-order chi connectivity index (χ0) is 29.0. The maximum absolute atomic E-state index is 13.3. The van der Waals surface area contributed by atoms with E-state index in [9.17, 15) is 27.6 Å². The van der Waals surface area contributed by atoms with Gasteiger partial charge in [0.05, 0.1) is 35.9 Å². The summed E-state index contributed by atoms with van der Waals surface area (Å²) in [7, 11) is 0. The van der Waals surface area contributed by atoms with Gasteiger partial charge in [-0.1, -0.05) is 48.5 Å². The summed E-state index contributed by atoms with van der Waals surface area (Å²) >= 11 is 0. The van der Waals surface area contributed by atoms with Crippen LogP contribution in [0, 0.1) is 0 Å². The Balaban J connectivity index is 1.32. The number of amides is 4. The fourth-order valence-corrected chi connectivity index (χ4v) is 4.34. The third-order valence-electron chi connectivity index (χ3n) is 6.31. The molecule has 4 N–H and O–H groups in total. The minimum absolute atomic E-state index is 0.0548. The van der Waals surface area contributed by atoms with E-state index in [0.717, 1.165) is 6.07 Å². The lowest BCUT2D eigenvalue weighted by molar-refractivity contribution is -0.137. The number of benzodiazepines with no additional fused rings is 1. The number of carbonyl (C=O) groups excluding carboxylic acids is 3. The van der Waals surface area contributed by atoms with Gasteiger partial charge >= 0.3 is 12.2 Å². The van der Waals surface area contributed by atoms with Gasteiger partial charge in [-0.15, -0.1) is 0 Å². The monoisotopic (exact) mass is 567 g/mol. The van der Waals surface area contributed by atoms with Crippen LogP contribution in [0.2, 0.25) is 0 Å². The second-order valence-corrected chi connectivity index (χ2v) is 9.02. The highest BCUT2D eigenvalue weighted by Crippen LogP contribution is 2.32. The number of benzene rings is 2. The van der Waals surface area contributed by atoms with Gasteiger partial charge in [0.25, 0.3) is 11.8 Å². The molecule has 0 aliphatic carbocycles. The molecule has 212 valence electrons. The van der Waals surface area contributed by atoms with Crippen LogP contribution in [0.4, 0.5) is 29.3 Å². The van der Waals surface area contributed by atoms with Gasteiger partial charge < -0.3 is 20.3 Å². The van der Waals surface area contributed by atoms with Crippen molar-refractivity contribution < 1.29 is 32.3 Å². The smallest absolute Gasteiger partial charge is 0.378 e. The summed E-state index contributed by atoms with van der Waals surface area (Å²) in [6, 6.07) is 16.0. The number of hydrogen-bond acceptors (Lipinski definition) is 7. The van der Waals surface area contributed by atoms with Gasteiger partial charge in [0.1, 0.15) is 0 Å². The molecule has 3 aromatic rings. The Morgan fingerprint density at radius 2 is 1.71 bits per heavy atom. The summed E-state index contributed by atoms with van der Waals surface area (Å²) in [5.74, 6) is -1.58. The zero-order valence-corrected chi connectivity index (χ0v) is 21.4. The predicted octanol–water partition coefficient (Wildman–Crippen LogP) is 2.70. The summed E-state index contributed by atoms with van der Waals surface area (Å²) in [5, 5.41) is 5.13. The number of rotatable bonds is 4. The van der Waals surface area contributed by atoms with Crippen LogP contribution in [0.15, 0.2) is 71.9 Å². The van der Waals surface area contributed by atoms with Crippen LogP contribution in [0.3, 0.4) is 0 Å². The first-order chi connectivity index (χ1) is 19.7. The second kappa shape index (κ2) is 11.6. The van der Waals surface area contributed by atoms with Crippen LogP contribution in [-0.4, -0.2) is 61.0 Å². The number of morpholine rings is 1. The van der Waals surface area contributed by atoms with Crippen molar-refractivity contribution in [2.45, 2.75) is 12.3 Å². The van der Waals surface area contributed by atoms with Crippen molar-refractivity contribution >= 4 is 34.9 Å². The van der Waals surface area contributed by atoms with E-state index in [1.165, 1.54) is 0 Å². The lowest BCUT2D eigenvalue weighted by Gasteiger charge is -2.30. The Bertz CT molecular complexity index is 1490. The van der Waals surface area contributed by atoms with Gasteiger partial charge in [0, 0.05) is 30.4 Å². The molecule has 0 unspecified atom stereocenters. The van der Waals surface area contributed by atoms with Gasteiger partial charge in [0.2, 0.25) is 6.17 Å². The number of aliphatic imine (C=N–C) groups is 1. The zero-order valence-electron chi connectivity index (χ0n) is 21.4. The SMILES string of the molecule is O=C(NNC(=O)c1ncc(C(F)(F)F)cc1N1CCOCC1)N[C@H]1N=C(c2ccccc2)c2ccccc2NC1=O. The Kier molecular flexibility index (Phi) is 7.83. The number of aromatic nitrogens is 1. The highest BCUT2D eigenvalue weighted by atomic mass is 19.4. The van der Waals surface area contributed by atoms with Gasteiger partial charge in [-0.05, 0) is 12.1 Å². The van der Waals surface area contributed by atoms with Crippen molar-refractivity contribution in [3.63, 3.8) is 0 Å². The first-order valence-electron chi connectivity index (χ1n) is 12.5. The van der Waals surface area contributed by atoms with Crippen molar-refractivity contribution in [2.75, 3.05) is 36.5 Å². The summed E-state index contributed by atoms with van der Waals surface area (Å²) in [6.07, 6.45) is -5.49. The third kappa shape index (κ3) is 6.27. The molecular weight excluding hydrogens is 543 g/mol. The quantitative estimate of drug-likeness (QED) is 0.358. The molecule has 0 spiro atoms. The fraction of sp³-hybridized carbons (Fsp3) is 0.222. The van der Waals surface area contributed by atoms with E-state index in [0.29, 0.717) is 28.7 Å². The van der Waals surface area contributed by atoms with Crippen LogP contribution in [0.1, 0.15) is 27.2 Å². The maximum Gasteiger partial charge on any atom is 0.417 e. The molecule has 1 saturated heterocycles. The van der Waals surface area contributed by atoms with Crippen LogP contribution >= 0.6 is 0 Å². The number of carbonyl (C=O) groups is 3. The number of urea groups is 1. The summed E-state index contributed by atoms with van der Waals surface area (Å²) in [5.41, 5.74) is 5.16. The maximum atomic E-state index is 13.3. The van der Waals surface area contributed by atoms with E-state index >= 15 is 0 Å². The normalized spacial score (nSPS) is 17.0. The summed E-state index contributed by atoms with van der Waals surface area (Å²) in [4.78, 5) is 48.3. The molecule has 2 aromatic carbocycles. The number of ether oxygens (including phenoxy) is 1. The molecule has 0 saturated carbocycles. The molecular formula is C27H24F3N7O4. The average molecular weight is 568 g/mol. The number of alkyl halides is 3. The van der Waals surface area contributed by atoms with Crippen molar-refractivity contribution in [3.8, 4) is 0 Å². The molecule has 2 aliphatic rings. The van der Waals surface area contributed by atoms with Gasteiger partial charge in [0.15, 0.2) is 5.69 Å². The predicted molar refractivity (Wildman–Crippen MR) is 142 cm³/mol. The van der Waals surface area contributed by atoms with E-state index in [1.807, 2.05) is 30.3 Å². The molecule has 1 fully saturated rings. The Morgan fingerprint density at radius 1 is 1.00 bits per heavy atom. The van der Waals surface area contributed by atoms with Crippen LogP contribution in [-0.2, 0) is 15.7 Å². The van der Waals surface area contributed by atoms with Crippen LogP contribution in [0.25, 0.3) is 0 Å². The molecule has 1 aromatic heterocycles. The molecule has 0 bridgehead atoms. The standard InChI is InChI=1S/C27H24F3N7O4/c28-27(29,30)17-14-20(37-10-12-41-13-11-37)22(31-15-17)24(38)35-36-26(40)34-23-25(39)32-19-9-5-4-8-18(19)21(33-23)16-6-2-1-3-7-16/h1-9,14-15,23H,10-13H2,(H,32,39)(H,35,38)(H2,34,36,40)/t23-/m1/s1. The lowest BCUT2D eigenvalue weighted by Crippen LogP contribution is -2.52. The van der Waals surface area contributed by atoms with Gasteiger partial charge in [-0.2, -0.15) is 13.2 Å². The second-order valence-electron chi connectivity index (χ2n) is 9.02. The molecule has 1 atom stereocenters.